The smallest absolute Gasteiger partial charge is 0.338 e. The lowest BCUT2D eigenvalue weighted by molar-refractivity contribution is -0.174. The number of benzene rings is 2. The highest BCUT2D eigenvalue weighted by molar-refractivity contribution is 6.93. The van der Waals surface area contributed by atoms with Gasteiger partial charge in [-0.3, -0.25) is 19.2 Å². The van der Waals surface area contributed by atoms with Crippen LogP contribution in [0.1, 0.15) is 142 Å². The van der Waals surface area contributed by atoms with Crippen molar-refractivity contribution >= 4 is 51.6 Å². The molecule has 2 saturated carbocycles. The van der Waals surface area contributed by atoms with E-state index >= 15 is 0 Å². The molecule has 0 aromatic heterocycles. The van der Waals surface area contributed by atoms with Crippen LogP contribution in [-0.2, 0) is 51.0 Å². The number of carbonyl (C=O) groups is 5. The van der Waals surface area contributed by atoms with Crippen molar-refractivity contribution in [1.82, 2.24) is 0 Å². The second-order valence-corrected chi connectivity index (χ2v) is 18.3. The number of aryl methyl sites for hydroxylation is 6. The summed E-state index contributed by atoms with van der Waals surface area (Å²) >= 11 is 8.80. The zero-order chi connectivity index (χ0) is 45.6. The third-order valence-electron chi connectivity index (χ3n) is 12.8. The number of halogens is 2. The number of rotatable bonds is 10. The molecule has 2 aliphatic heterocycles. The zero-order valence-electron chi connectivity index (χ0n) is 37.6. The van der Waals surface area contributed by atoms with E-state index in [0.29, 0.717) is 45.3 Å². The number of aliphatic hydroxyl groups is 1. The highest BCUT2D eigenvalue weighted by Gasteiger charge is 2.51. The summed E-state index contributed by atoms with van der Waals surface area (Å²) < 4.78 is 21.2. The Labute approximate surface area is 372 Å². The molecule has 2 heterocycles. The molecule has 4 aliphatic rings. The summed E-state index contributed by atoms with van der Waals surface area (Å²) in [5.41, 5.74) is 6.80. The standard InChI is InChI=1S/C24H34O4.C12H20O4.C11H14O2.CCl2O/c1-5-27-22(26)23(8-10-24(11-9-23)7-6-12-28-24)16-20(25)15-21-18(3)13-17(2)14-19(21)4;1-2-15-10(13)12(14)7-5-11(6-8-12)4-3-9-16-11;1-7-4-8(2)10(6-11(12)13)9(3)5-7;2-1(3)4/h13-14H,5-12,15-16H2,1-4H3;14H,2-9H2,1H3;4-5H,6H2,1-3H3,(H,12,13);. The van der Waals surface area contributed by atoms with Crippen molar-refractivity contribution in [2.75, 3.05) is 26.4 Å². The number of esters is 2. The van der Waals surface area contributed by atoms with Gasteiger partial charge >= 0.3 is 22.6 Å². The number of ketones is 1. The Bertz CT molecular complexity index is 1770. The van der Waals surface area contributed by atoms with E-state index in [1.807, 2.05) is 39.8 Å². The lowest BCUT2D eigenvalue weighted by Gasteiger charge is -2.42. The zero-order valence-corrected chi connectivity index (χ0v) is 39.1. The molecular weight excluding hydrogens is 823 g/mol. The van der Waals surface area contributed by atoms with Crippen LogP contribution in [-0.4, -0.2) is 81.8 Å². The first kappa shape index (κ1) is 52.0. The first-order valence-corrected chi connectivity index (χ1v) is 22.5. The van der Waals surface area contributed by atoms with Crippen LogP contribution in [0, 0.1) is 47.0 Å². The Kier molecular flexibility index (Phi) is 19.9. The van der Waals surface area contributed by atoms with Crippen molar-refractivity contribution < 1.29 is 53.1 Å². The lowest BCUT2D eigenvalue weighted by atomic mass is 9.65. The summed E-state index contributed by atoms with van der Waals surface area (Å²) in [6.07, 6.45) is 10.6. The van der Waals surface area contributed by atoms with Crippen LogP contribution >= 0.6 is 23.2 Å². The molecule has 61 heavy (non-hydrogen) atoms. The van der Waals surface area contributed by atoms with Gasteiger partial charge in [-0.1, -0.05) is 35.4 Å². The van der Waals surface area contributed by atoms with Gasteiger partial charge in [-0.15, -0.1) is 0 Å². The molecule has 0 bridgehead atoms. The van der Waals surface area contributed by atoms with Gasteiger partial charge in [0, 0.05) is 26.1 Å². The maximum atomic E-state index is 13.1. The second kappa shape index (κ2) is 23.4. The van der Waals surface area contributed by atoms with Crippen molar-refractivity contribution in [2.24, 2.45) is 5.41 Å². The molecule has 6 rings (SSSR count). The summed E-state index contributed by atoms with van der Waals surface area (Å²) in [6.45, 7) is 18.0. The van der Waals surface area contributed by atoms with Crippen molar-refractivity contribution in [3.05, 3.63) is 68.8 Å². The van der Waals surface area contributed by atoms with Crippen molar-refractivity contribution in [2.45, 2.75) is 169 Å². The number of ether oxygens (including phenoxy) is 4. The van der Waals surface area contributed by atoms with Gasteiger partial charge in [-0.2, -0.15) is 0 Å². The second-order valence-electron chi connectivity index (χ2n) is 17.5. The molecule has 13 heteroatoms. The average molecular weight is 892 g/mol. The third kappa shape index (κ3) is 15.2. The Hall–Kier alpha value is -3.35. The fraction of sp³-hybridized carbons (Fsp3) is 0.646. The van der Waals surface area contributed by atoms with Crippen molar-refractivity contribution in [3.8, 4) is 0 Å². The van der Waals surface area contributed by atoms with Gasteiger partial charge in [0.1, 0.15) is 5.78 Å². The number of aliphatic carboxylic acids is 1. The average Bonchev–Trinajstić information content (AvgIpc) is 3.84. The Morgan fingerprint density at radius 3 is 1.34 bits per heavy atom. The topological polar surface area (TPSA) is 163 Å². The third-order valence-corrected chi connectivity index (χ3v) is 12.8. The molecular formula is C48H68Cl2O11. The number of carboxylic acids is 1. The Balaban J connectivity index is 0.000000254. The van der Waals surface area contributed by atoms with Crippen molar-refractivity contribution in [1.29, 1.82) is 0 Å². The SMILES string of the molecule is CCOC(=O)C1(CC(=O)Cc2c(C)cc(C)cc2C)CCC2(CCCO2)CC1.CCOC(=O)C1(O)CCC2(CCCO2)CC1.Cc1cc(C)c(CC(=O)O)c(C)c1.O=C(Cl)Cl. The van der Waals surface area contributed by atoms with E-state index in [1.54, 1.807) is 6.92 Å². The van der Waals surface area contributed by atoms with Crippen LogP contribution in [0.25, 0.3) is 0 Å². The highest BCUT2D eigenvalue weighted by atomic mass is 35.5. The minimum atomic E-state index is -1.27. The number of hydrogen-bond acceptors (Lipinski definition) is 10. The van der Waals surface area contributed by atoms with Crippen LogP contribution in [0.2, 0.25) is 0 Å². The van der Waals surface area contributed by atoms with Gasteiger partial charge in [0.25, 0.3) is 0 Å². The summed E-state index contributed by atoms with van der Waals surface area (Å²) in [7, 11) is 0. The molecule has 2 N–H and O–H groups in total. The van der Waals surface area contributed by atoms with E-state index in [0.717, 1.165) is 98.0 Å². The predicted molar refractivity (Wildman–Crippen MR) is 236 cm³/mol. The van der Waals surface area contributed by atoms with E-state index in [2.05, 4.69) is 56.1 Å². The lowest BCUT2D eigenvalue weighted by Crippen LogP contribution is -2.48. The van der Waals surface area contributed by atoms with E-state index in [-0.39, 0.29) is 35.8 Å². The molecule has 2 aromatic rings. The van der Waals surface area contributed by atoms with Gasteiger partial charge in [0.05, 0.1) is 36.3 Å². The van der Waals surface area contributed by atoms with Gasteiger partial charge < -0.3 is 29.2 Å². The van der Waals surface area contributed by atoms with Crippen LogP contribution in [0.4, 0.5) is 4.79 Å². The fourth-order valence-electron chi connectivity index (χ4n) is 9.58. The normalized spacial score (nSPS) is 25.2. The van der Waals surface area contributed by atoms with Crippen molar-refractivity contribution in [3.63, 3.8) is 0 Å². The van der Waals surface area contributed by atoms with Gasteiger partial charge in [-0.05, 0) is 189 Å². The summed E-state index contributed by atoms with van der Waals surface area (Å²) in [5, 5.41) is 18.9. The number of carbonyl (C=O) groups excluding carboxylic acids is 4. The van der Waals surface area contributed by atoms with E-state index in [4.69, 9.17) is 28.8 Å². The summed E-state index contributed by atoms with van der Waals surface area (Å²) in [4.78, 5) is 57.1. The van der Waals surface area contributed by atoms with E-state index in [1.165, 1.54) is 11.1 Å². The molecule has 0 unspecified atom stereocenters. The Morgan fingerprint density at radius 2 is 0.984 bits per heavy atom. The summed E-state index contributed by atoms with van der Waals surface area (Å²) in [5.74, 6) is -1.31. The van der Waals surface area contributed by atoms with Crippen LogP contribution in [0.15, 0.2) is 24.3 Å². The van der Waals surface area contributed by atoms with Gasteiger partial charge in [0.2, 0.25) is 0 Å². The molecule has 340 valence electrons. The predicted octanol–water partition coefficient (Wildman–Crippen LogP) is 10.0. The molecule has 2 aliphatic carbocycles. The maximum Gasteiger partial charge on any atom is 0.338 e. The number of carboxylic acid groups (broad SMARTS) is 1. The number of hydrogen-bond donors (Lipinski definition) is 2. The van der Waals surface area contributed by atoms with E-state index in [9.17, 15) is 24.3 Å². The molecule has 11 nitrogen and oxygen atoms in total. The molecule has 0 amide bonds. The Morgan fingerprint density at radius 1 is 0.607 bits per heavy atom. The van der Waals surface area contributed by atoms with Crippen LogP contribution < -0.4 is 0 Å². The number of Topliss-reactive ketones (excluding diaryl/α,β-unsaturated/α-hetero) is 1. The maximum absolute atomic E-state index is 13.1. The highest BCUT2D eigenvalue weighted by Crippen LogP contribution is 2.49. The first-order chi connectivity index (χ1) is 28.6. The van der Waals surface area contributed by atoms with E-state index < -0.39 is 27.7 Å². The largest absolute Gasteiger partial charge is 0.481 e. The van der Waals surface area contributed by atoms with Crippen LogP contribution in [0.3, 0.4) is 0 Å². The fourth-order valence-corrected chi connectivity index (χ4v) is 9.58. The molecule has 4 fully saturated rings. The molecule has 0 radical (unpaired) electrons. The minimum Gasteiger partial charge on any atom is -0.481 e. The van der Waals surface area contributed by atoms with Gasteiger partial charge in [0.15, 0.2) is 5.60 Å². The molecule has 2 spiro atoms. The summed E-state index contributed by atoms with van der Waals surface area (Å²) in [6, 6.07) is 8.29. The quantitative estimate of drug-likeness (QED) is 0.172. The molecule has 2 saturated heterocycles. The molecule has 0 atom stereocenters. The monoisotopic (exact) mass is 890 g/mol. The first-order valence-electron chi connectivity index (χ1n) is 21.7. The minimum absolute atomic E-state index is 0.0568. The van der Waals surface area contributed by atoms with Crippen LogP contribution in [0.5, 0.6) is 0 Å². The molecule has 2 aromatic carbocycles. The van der Waals surface area contributed by atoms with Gasteiger partial charge in [-0.25, -0.2) is 4.79 Å².